The molecule has 0 heterocycles. The number of unbranched alkanes of at least 4 members (excludes halogenated alkanes) is 28. The lowest BCUT2D eigenvalue weighted by atomic mass is 9.85. The van der Waals surface area contributed by atoms with Gasteiger partial charge < -0.3 is 49.3 Å². The van der Waals surface area contributed by atoms with Crippen LogP contribution >= 0.6 is 15.4 Å². The highest BCUT2D eigenvalue weighted by Gasteiger charge is 2.53. The maximum absolute atomic E-state index is 13.0. The van der Waals surface area contributed by atoms with Crippen LogP contribution in [-0.4, -0.2) is 109 Å². The molecular weight excluding hydrogens is 870 g/mol. The molecule has 64 heavy (non-hydrogen) atoms. The summed E-state index contributed by atoms with van der Waals surface area (Å²) in [5, 5.41) is 41.6. The van der Waals surface area contributed by atoms with Gasteiger partial charge in [-0.05, 0) is 12.8 Å². The molecule has 0 aromatic rings. The molecule has 0 aromatic heterocycles. The van der Waals surface area contributed by atoms with Crippen LogP contribution in [0, 0.1) is 0 Å². The molecule has 1 aliphatic rings. The molecule has 0 bridgehead atoms. The maximum Gasteiger partial charge on any atom is 0.472 e. The van der Waals surface area contributed by atoms with E-state index in [0.717, 1.165) is 51.4 Å². The Bertz CT molecular complexity index is 1250. The van der Waals surface area contributed by atoms with Gasteiger partial charge in [-0.3, -0.25) is 23.2 Å². The van der Waals surface area contributed by atoms with Gasteiger partial charge in [0.1, 0.15) is 49.6 Å². The highest BCUT2D eigenvalue weighted by molar-refractivity contribution is 7.51. The number of esters is 2. The zero-order valence-electron chi connectivity index (χ0n) is 39.5. The number of rotatable bonds is 43. The molecule has 1 fully saturated rings. The van der Waals surface area contributed by atoms with E-state index < -0.39 is 89.6 Å². The first-order valence-electron chi connectivity index (χ1n) is 25.0. The van der Waals surface area contributed by atoms with E-state index in [1.807, 2.05) is 0 Å². The van der Waals surface area contributed by atoms with Gasteiger partial charge in [0, 0.05) is 12.8 Å². The summed E-state index contributed by atoms with van der Waals surface area (Å²) in [5.74, 6) is -1.17. The summed E-state index contributed by atoms with van der Waals surface area (Å²) < 4.78 is 50.1. The third-order valence-electron chi connectivity index (χ3n) is 11.9. The molecule has 7 N–H and O–H groups in total. The van der Waals surface area contributed by atoms with Gasteiger partial charge in [0.25, 0.3) is 0 Å². The summed E-state index contributed by atoms with van der Waals surface area (Å²) in [5.41, 5.74) is 0. The van der Waals surface area contributed by atoms with Gasteiger partial charge in [-0.2, -0.15) is 0 Å². The van der Waals surface area contributed by atoms with Crippen LogP contribution in [0.25, 0.3) is 0 Å². The number of phosphoric acid groups is 1. The summed E-state index contributed by atoms with van der Waals surface area (Å²) in [6, 6.07) is 0. The van der Waals surface area contributed by atoms with Crippen LogP contribution in [-0.2, 0) is 42.0 Å². The molecule has 0 aliphatic heterocycles. The monoisotopic (exact) mass is 961 g/mol. The summed E-state index contributed by atoms with van der Waals surface area (Å²) in [6.45, 7) is 3.18. The van der Waals surface area contributed by atoms with E-state index in [1.165, 1.54) is 128 Å². The molecule has 0 saturated heterocycles. The largest absolute Gasteiger partial charge is 0.472 e. The Hall–Kier alpha value is -1.00. The third kappa shape index (κ3) is 31.9. The Morgan fingerprint density at radius 1 is 0.469 bits per heavy atom. The van der Waals surface area contributed by atoms with Crippen molar-refractivity contribution in [3.8, 4) is 0 Å². The van der Waals surface area contributed by atoms with Crippen molar-refractivity contribution in [1.82, 2.24) is 0 Å². The van der Waals surface area contributed by atoms with Gasteiger partial charge in [0.2, 0.25) is 0 Å². The number of aliphatic hydroxyl groups excluding tert-OH is 4. The smallest absolute Gasteiger partial charge is 0.462 e. The van der Waals surface area contributed by atoms with Crippen molar-refractivity contribution >= 4 is 27.4 Å². The summed E-state index contributed by atoms with van der Waals surface area (Å²) >= 11 is 0. The van der Waals surface area contributed by atoms with E-state index in [9.17, 15) is 44.0 Å². The van der Waals surface area contributed by atoms with Gasteiger partial charge in [0.05, 0.1) is 6.61 Å². The van der Waals surface area contributed by atoms with Crippen molar-refractivity contribution in [1.29, 1.82) is 0 Å². The molecule has 0 aromatic carbocycles. The van der Waals surface area contributed by atoms with E-state index >= 15 is 0 Å². The molecule has 18 heteroatoms. The molecule has 1 unspecified atom stereocenters. The number of ether oxygens (including phenoxy) is 3. The van der Waals surface area contributed by atoms with Crippen molar-refractivity contribution in [2.75, 3.05) is 19.6 Å². The van der Waals surface area contributed by atoms with Crippen LogP contribution in [0.15, 0.2) is 0 Å². The van der Waals surface area contributed by atoms with Gasteiger partial charge in [-0.15, -0.1) is 0 Å². The van der Waals surface area contributed by atoms with Crippen molar-refractivity contribution in [3.63, 3.8) is 0 Å². The number of carbonyl (C=O) groups excluding carboxylic acids is 2. The Morgan fingerprint density at radius 2 is 0.828 bits per heavy atom. The second-order valence-corrected chi connectivity index (χ2v) is 20.9. The first-order chi connectivity index (χ1) is 30.6. The number of hydrogen-bond donors (Lipinski definition) is 7. The van der Waals surface area contributed by atoms with E-state index in [2.05, 4.69) is 13.8 Å². The Labute approximate surface area is 385 Å². The fourth-order valence-electron chi connectivity index (χ4n) is 7.95. The average Bonchev–Trinajstić information content (AvgIpc) is 3.25. The first-order valence-corrected chi connectivity index (χ1v) is 28.3. The number of carbonyl (C=O) groups is 2. The third-order valence-corrected chi connectivity index (χ3v) is 13.3. The van der Waals surface area contributed by atoms with Crippen LogP contribution in [0.4, 0.5) is 0 Å². The Morgan fingerprint density at radius 3 is 1.22 bits per heavy atom. The van der Waals surface area contributed by atoms with E-state index in [0.29, 0.717) is 12.8 Å². The summed E-state index contributed by atoms with van der Waals surface area (Å²) in [6.07, 6.45) is 20.3. The van der Waals surface area contributed by atoms with Gasteiger partial charge in [-0.25, -0.2) is 4.57 Å². The van der Waals surface area contributed by atoms with Crippen molar-refractivity contribution in [3.05, 3.63) is 0 Å². The Balaban J connectivity index is 2.58. The second-order valence-electron chi connectivity index (χ2n) is 17.9. The molecule has 16 nitrogen and oxygen atoms in total. The standard InChI is InChI=1S/C46H90O16P2/c1-3-5-7-9-11-13-15-17-19-21-23-25-27-29-31-33-39(47)58-35-38(61-40(48)34-32-30-28-26-24-22-20-18-16-14-12-10-8-6-4-2)36-60-64(56,57)62-46-43(51)41(49)42(50)45(44(46)52)59-37-63(53,54)55/h38,41-46,49-52H,3-37H2,1-2H3,(H,56,57)(H2,53,54,55)/t38-,41-,42-,43-,44-,45+,46-/m1/s1. The zero-order valence-corrected chi connectivity index (χ0v) is 41.3. The molecule has 0 radical (unpaired) electrons. The van der Waals surface area contributed by atoms with Crippen LogP contribution in [0.2, 0.25) is 0 Å². The number of hydrogen-bond acceptors (Lipinski definition) is 13. The highest BCUT2D eigenvalue weighted by Crippen LogP contribution is 2.47. The lowest BCUT2D eigenvalue weighted by Gasteiger charge is -2.43. The van der Waals surface area contributed by atoms with Crippen molar-refractivity contribution < 1.29 is 77.1 Å². The number of phosphoric ester groups is 1. The molecular formula is C46H90O16P2. The first kappa shape index (κ1) is 61.0. The van der Waals surface area contributed by atoms with Gasteiger partial charge in [-0.1, -0.05) is 194 Å². The normalized spacial score (nSPS) is 21.7. The summed E-state index contributed by atoms with van der Waals surface area (Å²) in [4.78, 5) is 54.3. The molecule has 1 rings (SSSR count). The quantitative estimate of drug-likeness (QED) is 0.0171. The topological polar surface area (TPSA) is 256 Å². The van der Waals surface area contributed by atoms with Crippen LogP contribution in [0.1, 0.15) is 219 Å². The molecule has 0 amide bonds. The minimum Gasteiger partial charge on any atom is -0.462 e. The fourth-order valence-corrected chi connectivity index (χ4v) is 9.29. The second kappa shape index (κ2) is 37.9. The van der Waals surface area contributed by atoms with E-state index in [4.69, 9.17) is 33.0 Å². The SMILES string of the molecule is CCCCCCCCCCCCCCCCCC(=O)OC[C@H](COP(=O)(O)O[C@H]1[C@H](O)[C@@H](OCP(=O)(O)O)[C@H](O)[C@@H](O)[C@H]1O)OC(=O)CCCCCCCCCCCCCCCCC. The van der Waals surface area contributed by atoms with Crippen LogP contribution in [0.3, 0.4) is 0 Å². The highest BCUT2D eigenvalue weighted by atomic mass is 31.2. The summed E-state index contributed by atoms with van der Waals surface area (Å²) in [7, 11) is -10.1. The van der Waals surface area contributed by atoms with E-state index in [1.54, 1.807) is 0 Å². The van der Waals surface area contributed by atoms with Crippen molar-refractivity contribution in [2.24, 2.45) is 0 Å². The lowest BCUT2D eigenvalue weighted by Crippen LogP contribution is -2.64. The molecule has 1 aliphatic carbocycles. The van der Waals surface area contributed by atoms with Crippen LogP contribution in [0.5, 0.6) is 0 Å². The zero-order chi connectivity index (χ0) is 47.5. The fraction of sp³-hybridized carbons (Fsp3) is 0.957. The predicted molar refractivity (Wildman–Crippen MR) is 246 cm³/mol. The Kier molecular flexibility index (Phi) is 36.2. The average molecular weight is 961 g/mol. The minimum absolute atomic E-state index is 0.0613. The number of aliphatic hydroxyl groups is 4. The predicted octanol–water partition coefficient (Wildman–Crippen LogP) is 9.44. The molecule has 8 atom stereocenters. The molecule has 1 saturated carbocycles. The lowest BCUT2D eigenvalue weighted by molar-refractivity contribution is -0.229. The van der Waals surface area contributed by atoms with Crippen LogP contribution < -0.4 is 0 Å². The minimum atomic E-state index is -5.26. The van der Waals surface area contributed by atoms with Crippen molar-refractivity contribution in [2.45, 2.75) is 262 Å². The van der Waals surface area contributed by atoms with Gasteiger partial charge >= 0.3 is 27.4 Å². The van der Waals surface area contributed by atoms with E-state index in [-0.39, 0.29) is 12.8 Å². The molecule has 0 spiro atoms. The maximum atomic E-state index is 13.0. The molecule has 380 valence electrons. The van der Waals surface area contributed by atoms with Gasteiger partial charge in [0.15, 0.2) is 6.10 Å².